The third kappa shape index (κ3) is 3.75. The normalized spacial score (nSPS) is 13.4. The Bertz CT molecular complexity index is 591. The lowest BCUT2D eigenvalue weighted by molar-refractivity contribution is -0.120. The van der Waals surface area contributed by atoms with Crippen LogP contribution in [0.2, 0.25) is 0 Å². The maximum absolute atomic E-state index is 12.0. The molecule has 0 saturated heterocycles. The highest BCUT2D eigenvalue weighted by Crippen LogP contribution is 2.20. The summed E-state index contributed by atoms with van der Waals surface area (Å²) < 4.78 is 26.1. The average Bonchev–Trinajstić information content (AvgIpc) is 2.75. The highest BCUT2D eigenvalue weighted by atomic mass is 32.2. The third-order valence-corrected chi connectivity index (χ3v) is 4.84. The molecule has 0 fully saturated rings. The first kappa shape index (κ1) is 15.6. The quantitative estimate of drug-likeness (QED) is 0.693. The van der Waals surface area contributed by atoms with Crippen molar-refractivity contribution < 1.29 is 23.1 Å². The van der Waals surface area contributed by atoms with E-state index in [1.54, 1.807) is 13.8 Å². The molecule has 1 unspecified atom stereocenters. The first-order valence-corrected chi connectivity index (χ1v) is 7.65. The summed E-state index contributed by atoms with van der Waals surface area (Å²) in [5, 5.41) is 9.94. The average molecular weight is 306 g/mol. The molecular formula is C10H14N2O5S2. The van der Waals surface area contributed by atoms with E-state index in [0.29, 0.717) is 0 Å². The van der Waals surface area contributed by atoms with Crippen LogP contribution in [0.25, 0.3) is 0 Å². The van der Waals surface area contributed by atoms with Gasteiger partial charge in [-0.3, -0.25) is 4.79 Å². The minimum absolute atomic E-state index is 0.0967. The molecule has 0 aliphatic heterocycles. The molecule has 19 heavy (non-hydrogen) atoms. The minimum Gasteiger partial charge on any atom is -0.477 e. The van der Waals surface area contributed by atoms with Crippen LogP contribution in [0.1, 0.15) is 23.5 Å². The van der Waals surface area contributed by atoms with Crippen LogP contribution in [-0.2, 0) is 14.8 Å². The van der Waals surface area contributed by atoms with E-state index in [1.165, 1.54) is 5.38 Å². The molecule has 0 aromatic carbocycles. The molecule has 0 bridgehead atoms. The van der Waals surface area contributed by atoms with E-state index in [-0.39, 0.29) is 15.7 Å². The zero-order valence-corrected chi connectivity index (χ0v) is 11.9. The molecule has 7 nitrogen and oxygen atoms in total. The fraction of sp³-hybridized carbons (Fsp3) is 0.400. The molecule has 1 amide bonds. The van der Waals surface area contributed by atoms with Gasteiger partial charge in [0.05, 0.1) is 4.90 Å². The first-order chi connectivity index (χ1) is 8.65. The molecule has 0 aliphatic carbocycles. The van der Waals surface area contributed by atoms with Crippen LogP contribution in [0.4, 0.5) is 0 Å². The number of carbonyl (C=O) groups is 2. The van der Waals surface area contributed by atoms with Crippen molar-refractivity contribution >= 4 is 33.2 Å². The highest BCUT2D eigenvalue weighted by Gasteiger charge is 2.27. The van der Waals surface area contributed by atoms with Gasteiger partial charge in [-0.1, -0.05) is 13.8 Å². The lowest BCUT2D eigenvalue weighted by atomic mass is 10.1. The van der Waals surface area contributed by atoms with Gasteiger partial charge in [0.1, 0.15) is 10.9 Å². The fourth-order valence-electron chi connectivity index (χ4n) is 1.33. The van der Waals surface area contributed by atoms with Crippen molar-refractivity contribution in [3.63, 3.8) is 0 Å². The van der Waals surface area contributed by atoms with Gasteiger partial charge in [0, 0.05) is 5.38 Å². The van der Waals surface area contributed by atoms with Crippen molar-refractivity contribution in [2.24, 2.45) is 11.7 Å². The summed E-state index contributed by atoms with van der Waals surface area (Å²) in [7, 11) is -3.97. The predicted molar refractivity (Wildman–Crippen MR) is 69.4 cm³/mol. The highest BCUT2D eigenvalue weighted by molar-refractivity contribution is 7.89. The fourth-order valence-corrected chi connectivity index (χ4v) is 3.79. The summed E-state index contributed by atoms with van der Waals surface area (Å²) in [5.74, 6) is -2.31. The maximum atomic E-state index is 12.0. The van der Waals surface area contributed by atoms with Gasteiger partial charge in [-0.25, -0.2) is 13.2 Å². The number of sulfonamides is 1. The van der Waals surface area contributed by atoms with E-state index in [2.05, 4.69) is 4.72 Å². The Morgan fingerprint density at radius 1 is 1.42 bits per heavy atom. The monoisotopic (exact) mass is 306 g/mol. The van der Waals surface area contributed by atoms with Crippen LogP contribution in [0, 0.1) is 5.92 Å². The Morgan fingerprint density at radius 3 is 2.37 bits per heavy atom. The molecule has 1 atom stereocenters. The molecule has 1 rings (SSSR count). The first-order valence-electron chi connectivity index (χ1n) is 5.28. The van der Waals surface area contributed by atoms with Crippen LogP contribution in [-0.4, -0.2) is 31.4 Å². The number of hydrogen-bond acceptors (Lipinski definition) is 5. The summed E-state index contributed by atoms with van der Waals surface area (Å²) in [4.78, 5) is 21.6. The molecule has 1 aromatic rings. The number of carboxylic acids is 1. The number of hydrogen-bond donors (Lipinski definition) is 3. The zero-order valence-electron chi connectivity index (χ0n) is 10.3. The van der Waals surface area contributed by atoms with Crippen molar-refractivity contribution in [1.82, 2.24) is 4.72 Å². The van der Waals surface area contributed by atoms with Gasteiger partial charge >= 0.3 is 5.97 Å². The molecule has 0 radical (unpaired) electrons. The maximum Gasteiger partial charge on any atom is 0.345 e. The number of rotatable bonds is 6. The second kappa shape index (κ2) is 5.68. The molecule has 0 saturated carbocycles. The number of primary amides is 1. The van der Waals surface area contributed by atoms with Crippen LogP contribution in [0.3, 0.4) is 0 Å². The Balaban J connectivity index is 3.03. The van der Waals surface area contributed by atoms with E-state index in [4.69, 9.17) is 10.8 Å². The predicted octanol–water partition coefficient (Wildman–Crippen LogP) is 0.235. The summed E-state index contributed by atoms with van der Waals surface area (Å²) in [6.07, 6.45) is 0. The molecule has 0 aliphatic rings. The molecule has 1 heterocycles. The summed E-state index contributed by atoms with van der Waals surface area (Å²) in [5.41, 5.74) is 5.12. The smallest absolute Gasteiger partial charge is 0.345 e. The van der Waals surface area contributed by atoms with Gasteiger partial charge in [0.15, 0.2) is 0 Å². The molecule has 0 spiro atoms. The van der Waals surface area contributed by atoms with Gasteiger partial charge in [-0.15, -0.1) is 11.3 Å². The number of carbonyl (C=O) groups excluding carboxylic acids is 1. The van der Waals surface area contributed by atoms with Crippen molar-refractivity contribution in [2.75, 3.05) is 0 Å². The van der Waals surface area contributed by atoms with E-state index < -0.39 is 27.9 Å². The van der Waals surface area contributed by atoms with Crippen molar-refractivity contribution in [3.8, 4) is 0 Å². The van der Waals surface area contributed by atoms with Gasteiger partial charge in [0.25, 0.3) is 0 Å². The van der Waals surface area contributed by atoms with E-state index in [0.717, 1.165) is 17.4 Å². The second-order valence-corrected chi connectivity index (χ2v) is 6.82. The SMILES string of the molecule is CC(C)C(NS(=O)(=O)c1csc(C(=O)O)c1)C(N)=O. The van der Waals surface area contributed by atoms with Crippen molar-refractivity contribution in [3.05, 3.63) is 16.3 Å². The summed E-state index contributed by atoms with van der Waals surface area (Å²) >= 11 is 0.794. The molecule has 106 valence electrons. The minimum atomic E-state index is -3.97. The Kier molecular flexibility index (Phi) is 4.66. The number of carboxylic acid groups (broad SMARTS) is 1. The van der Waals surface area contributed by atoms with Crippen molar-refractivity contribution in [2.45, 2.75) is 24.8 Å². The third-order valence-electron chi connectivity index (χ3n) is 2.35. The Morgan fingerprint density at radius 2 is 2.00 bits per heavy atom. The lowest BCUT2D eigenvalue weighted by Gasteiger charge is -2.18. The molecule has 4 N–H and O–H groups in total. The number of nitrogens with one attached hydrogen (secondary N) is 1. The van der Waals surface area contributed by atoms with Crippen LogP contribution in [0.5, 0.6) is 0 Å². The lowest BCUT2D eigenvalue weighted by Crippen LogP contribution is -2.47. The Hall–Kier alpha value is -1.45. The largest absolute Gasteiger partial charge is 0.477 e. The summed E-state index contributed by atoms with van der Waals surface area (Å²) in [6, 6.07) is -0.00792. The number of nitrogens with two attached hydrogens (primary N) is 1. The molecule has 1 aromatic heterocycles. The van der Waals surface area contributed by atoms with Gasteiger partial charge in [0.2, 0.25) is 15.9 Å². The van der Waals surface area contributed by atoms with Crippen molar-refractivity contribution in [1.29, 1.82) is 0 Å². The zero-order chi connectivity index (χ0) is 14.8. The van der Waals surface area contributed by atoms with E-state index in [9.17, 15) is 18.0 Å². The topological polar surface area (TPSA) is 127 Å². The number of aromatic carboxylic acids is 1. The van der Waals surface area contributed by atoms with Crippen LogP contribution in [0.15, 0.2) is 16.3 Å². The number of amides is 1. The van der Waals surface area contributed by atoms with Gasteiger partial charge in [-0.05, 0) is 12.0 Å². The van der Waals surface area contributed by atoms with Crippen LogP contribution >= 0.6 is 11.3 Å². The van der Waals surface area contributed by atoms with Crippen LogP contribution < -0.4 is 10.5 Å². The second-order valence-electron chi connectivity index (χ2n) is 4.20. The van der Waals surface area contributed by atoms with Gasteiger partial charge in [-0.2, -0.15) is 4.72 Å². The number of thiophene rings is 1. The molecular weight excluding hydrogens is 292 g/mol. The standard InChI is InChI=1S/C10H14N2O5S2/c1-5(2)8(9(11)13)12-19(16,17)6-3-7(10(14)15)18-4-6/h3-5,8,12H,1-2H3,(H2,11,13)(H,14,15). The van der Waals surface area contributed by atoms with Gasteiger partial charge < -0.3 is 10.8 Å². The summed E-state index contributed by atoms with van der Waals surface area (Å²) in [6.45, 7) is 3.29. The van der Waals surface area contributed by atoms with E-state index in [1.807, 2.05) is 0 Å². The van der Waals surface area contributed by atoms with E-state index >= 15 is 0 Å². The Labute approximate surface area is 114 Å². The molecule has 9 heteroatoms.